The topological polar surface area (TPSA) is 67.8 Å². The number of aryl methyl sites for hydroxylation is 3. The highest BCUT2D eigenvalue weighted by Gasteiger charge is 2.29. The maximum atomic E-state index is 13.2. The van der Waals surface area contributed by atoms with Gasteiger partial charge in [0.05, 0.1) is 28.8 Å². The Balaban J connectivity index is 1.34. The van der Waals surface area contributed by atoms with Crippen molar-refractivity contribution in [3.8, 4) is 11.4 Å². The molecule has 1 aliphatic heterocycles. The minimum Gasteiger partial charge on any atom is -0.300 e. The van der Waals surface area contributed by atoms with E-state index in [0.717, 1.165) is 41.4 Å². The molecule has 1 saturated heterocycles. The number of fused-ring (bicyclic) bond motifs is 2. The molecule has 1 saturated carbocycles. The molecular weight excluding hydrogens is 412 g/mol. The van der Waals surface area contributed by atoms with Crippen molar-refractivity contribution in [2.45, 2.75) is 64.8 Å². The van der Waals surface area contributed by atoms with E-state index < -0.39 is 0 Å². The van der Waals surface area contributed by atoms with Crippen LogP contribution >= 0.6 is 0 Å². The molecule has 0 amide bonds. The first-order chi connectivity index (χ1) is 16.0. The summed E-state index contributed by atoms with van der Waals surface area (Å²) in [5.74, 6) is 0.508. The fourth-order valence-corrected chi connectivity index (χ4v) is 5.52. The molecule has 33 heavy (non-hydrogen) atoms. The Hall–Kier alpha value is -3.06. The molecule has 2 fully saturated rings. The van der Waals surface area contributed by atoms with Gasteiger partial charge in [0, 0.05) is 18.3 Å². The quantitative estimate of drug-likeness (QED) is 0.479. The van der Waals surface area contributed by atoms with Gasteiger partial charge in [-0.25, -0.2) is 9.50 Å². The van der Waals surface area contributed by atoms with Gasteiger partial charge in [-0.2, -0.15) is 5.10 Å². The maximum absolute atomic E-state index is 13.2. The zero-order valence-electron chi connectivity index (χ0n) is 19.6. The van der Waals surface area contributed by atoms with E-state index in [4.69, 9.17) is 4.98 Å². The lowest BCUT2D eigenvalue weighted by Gasteiger charge is -2.42. The lowest BCUT2D eigenvalue weighted by molar-refractivity contribution is 0.0975. The van der Waals surface area contributed by atoms with Gasteiger partial charge in [-0.1, -0.05) is 12.5 Å². The lowest BCUT2D eigenvalue weighted by atomic mass is 9.85. The molecule has 7 nitrogen and oxygen atoms in total. The monoisotopic (exact) mass is 442 g/mol. The summed E-state index contributed by atoms with van der Waals surface area (Å²) in [5, 5.41) is 4.67. The van der Waals surface area contributed by atoms with Gasteiger partial charge in [0.2, 0.25) is 0 Å². The van der Waals surface area contributed by atoms with Crippen molar-refractivity contribution in [3.05, 3.63) is 63.5 Å². The van der Waals surface area contributed by atoms with Crippen LogP contribution in [-0.4, -0.2) is 48.0 Å². The van der Waals surface area contributed by atoms with Crippen LogP contribution in [-0.2, 0) is 0 Å². The van der Waals surface area contributed by atoms with Gasteiger partial charge in [0.25, 0.3) is 5.56 Å². The van der Waals surface area contributed by atoms with Crippen molar-refractivity contribution >= 4 is 11.2 Å². The lowest BCUT2D eigenvalue weighted by Crippen LogP contribution is -2.44. The third-order valence-electron chi connectivity index (χ3n) is 7.58. The van der Waals surface area contributed by atoms with Gasteiger partial charge in [-0.3, -0.25) is 14.2 Å². The maximum Gasteiger partial charge on any atom is 0.258 e. The van der Waals surface area contributed by atoms with E-state index in [1.54, 1.807) is 10.5 Å². The fourth-order valence-electron chi connectivity index (χ4n) is 5.52. The zero-order chi connectivity index (χ0) is 22.7. The summed E-state index contributed by atoms with van der Waals surface area (Å²) < 4.78 is 3.54. The van der Waals surface area contributed by atoms with Gasteiger partial charge >= 0.3 is 0 Å². The molecule has 0 spiro atoms. The molecule has 7 heteroatoms. The van der Waals surface area contributed by atoms with Crippen LogP contribution in [0.4, 0.5) is 0 Å². The second-order valence-corrected chi connectivity index (χ2v) is 9.85. The molecule has 0 atom stereocenters. The standard InChI is InChI=1S/C26H30N6O/c1-16-11-20(19-7-9-30(10-8-19)21-5-4-6-21)15-31-25(33)13-22(28-26(16)31)23-12-24-18(3)27-17(2)14-32(24)29-23/h11-15,19,21H,4-10H2,1-3H3. The number of nitrogens with zero attached hydrogens (tertiary/aromatic N) is 6. The molecule has 6 rings (SSSR count). The Kier molecular flexibility index (Phi) is 4.83. The van der Waals surface area contributed by atoms with Crippen LogP contribution in [0, 0.1) is 20.8 Å². The minimum absolute atomic E-state index is 0.0602. The Bertz CT molecular complexity index is 1420. The van der Waals surface area contributed by atoms with E-state index in [1.165, 1.54) is 37.9 Å². The predicted molar refractivity (Wildman–Crippen MR) is 129 cm³/mol. The molecule has 0 unspecified atom stereocenters. The Morgan fingerprint density at radius 3 is 2.42 bits per heavy atom. The number of piperidine rings is 1. The summed E-state index contributed by atoms with van der Waals surface area (Å²) in [6, 6.07) is 6.61. The number of pyridine rings is 1. The normalized spacial score (nSPS) is 18.3. The number of likely N-dealkylation sites (tertiary alicyclic amines) is 1. The highest BCUT2D eigenvalue weighted by molar-refractivity contribution is 5.66. The highest BCUT2D eigenvalue weighted by atomic mass is 16.1. The molecule has 2 aliphatic rings. The van der Waals surface area contributed by atoms with Crippen molar-refractivity contribution in [3.63, 3.8) is 0 Å². The van der Waals surface area contributed by atoms with Crippen LogP contribution in [0.15, 0.2) is 35.4 Å². The third-order valence-corrected chi connectivity index (χ3v) is 7.58. The van der Waals surface area contributed by atoms with Crippen molar-refractivity contribution in [1.29, 1.82) is 0 Å². The van der Waals surface area contributed by atoms with Crippen molar-refractivity contribution in [1.82, 2.24) is 28.9 Å². The average Bonchev–Trinajstić information content (AvgIpc) is 3.18. The van der Waals surface area contributed by atoms with E-state index in [2.05, 4.69) is 28.0 Å². The van der Waals surface area contributed by atoms with Crippen LogP contribution in [0.5, 0.6) is 0 Å². The van der Waals surface area contributed by atoms with Crippen molar-refractivity contribution in [2.24, 2.45) is 0 Å². The Labute approximate surface area is 193 Å². The third kappa shape index (κ3) is 3.55. The smallest absolute Gasteiger partial charge is 0.258 e. The van der Waals surface area contributed by atoms with Gasteiger partial charge in [-0.05, 0) is 82.7 Å². The van der Waals surface area contributed by atoms with Crippen LogP contribution in [0.2, 0.25) is 0 Å². The summed E-state index contributed by atoms with van der Waals surface area (Å²) in [4.78, 5) is 25.2. The second kappa shape index (κ2) is 7.76. The van der Waals surface area contributed by atoms with Crippen molar-refractivity contribution < 1.29 is 0 Å². The number of hydrogen-bond donors (Lipinski definition) is 0. The summed E-state index contributed by atoms with van der Waals surface area (Å²) in [6.07, 6.45) is 10.4. The summed E-state index contributed by atoms with van der Waals surface area (Å²) in [6.45, 7) is 8.31. The molecular formula is C26H30N6O. The molecule has 1 aliphatic carbocycles. The molecule has 0 N–H and O–H groups in total. The van der Waals surface area contributed by atoms with Crippen LogP contribution in [0.25, 0.3) is 22.6 Å². The number of rotatable bonds is 3. The van der Waals surface area contributed by atoms with Gasteiger partial charge in [0.15, 0.2) is 0 Å². The molecule has 0 radical (unpaired) electrons. The van der Waals surface area contributed by atoms with E-state index in [0.29, 0.717) is 23.0 Å². The molecule has 170 valence electrons. The van der Waals surface area contributed by atoms with Gasteiger partial charge in [0.1, 0.15) is 11.3 Å². The van der Waals surface area contributed by atoms with E-state index in [-0.39, 0.29) is 5.56 Å². The van der Waals surface area contributed by atoms with Gasteiger partial charge < -0.3 is 4.90 Å². The number of hydrogen-bond acceptors (Lipinski definition) is 5. The number of aromatic nitrogens is 5. The zero-order valence-corrected chi connectivity index (χ0v) is 19.6. The van der Waals surface area contributed by atoms with Crippen LogP contribution in [0.1, 0.15) is 60.5 Å². The molecule has 4 aromatic rings. The van der Waals surface area contributed by atoms with Crippen molar-refractivity contribution in [2.75, 3.05) is 13.1 Å². The largest absolute Gasteiger partial charge is 0.300 e. The fraction of sp³-hybridized carbons (Fsp3) is 0.462. The molecule has 5 heterocycles. The highest BCUT2D eigenvalue weighted by Crippen LogP contribution is 2.33. The predicted octanol–water partition coefficient (Wildman–Crippen LogP) is 4.06. The van der Waals surface area contributed by atoms with Gasteiger partial charge in [-0.15, -0.1) is 0 Å². The van der Waals surface area contributed by atoms with Crippen LogP contribution in [0.3, 0.4) is 0 Å². The SMILES string of the molecule is Cc1cn2nc(-c3cc(=O)n4cc(C5CCN(C6CCC6)CC5)cc(C)c4n3)cc2c(C)n1. The summed E-state index contributed by atoms with van der Waals surface area (Å²) in [5.41, 5.74) is 6.98. The van der Waals surface area contributed by atoms with E-state index >= 15 is 0 Å². The average molecular weight is 443 g/mol. The minimum atomic E-state index is -0.0602. The first-order valence-corrected chi connectivity index (χ1v) is 12.1. The summed E-state index contributed by atoms with van der Waals surface area (Å²) in [7, 11) is 0. The van der Waals surface area contributed by atoms with E-state index in [1.807, 2.05) is 36.8 Å². The van der Waals surface area contributed by atoms with E-state index in [9.17, 15) is 4.79 Å². The first kappa shape index (κ1) is 20.5. The second-order valence-electron chi connectivity index (χ2n) is 9.85. The Morgan fingerprint density at radius 1 is 0.909 bits per heavy atom. The molecule has 0 aromatic carbocycles. The molecule has 4 aromatic heterocycles. The van der Waals surface area contributed by atoms with Crippen LogP contribution < -0.4 is 5.56 Å². The molecule has 0 bridgehead atoms. The Morgan fingerprint density at radius 2 is 1.70 bits per heavy atom. The first-order valence-electron chi connectivity index (χ1n) is 12.1. The summed E-state index contributed by atoms with van der Waals surface area (Å²) >= 11 is 0.